The molecule has 0 aromatic carbocycles. The van der Waals surface area contributed by atoms with Crippen LogP contribution in [-0.2, 0) is 28.4 Å². The summed E-state index contributed by atoms with van der Waals surface area (Å²) in [4.78, 5) is 0. The Kier molecular flexibility index (Phi) is 10.2. The first kappa shape index (κ1) is 17.8. The smallest absolute Gasteiger partial charge is 0.112 e. The van der Waals surface area contributed by atoms with E-state index in [1.165, 1.54) is 0 Å². The van der Waals surface area contributed by atoms with Crippen LogP contribution in [0.3, 0.4) is 0 Å². The van der Waals surface area contributed by atoms with Gasteiger partial charge in [0.1, 0.15) is 5.60 Å². The zero-order chi connectivity index (χ0) is 14.5. The molecule has 0 amide bonds. The Morgan fingerprint density at radius 2 is 1.60 bits per heavy atom. The fourth-order valence-corrected chi connectivity index (χ4v) is 1.78. The van der Waals surface area contributed by atoms with Crippen molar-refractivity contribution < 1.29 is 28.4 Å². The van der Waals surface area contributed by atoms with Gasteiger partial charge in [0.25, 0.3) is 0 Å². The van der Waals surface area contributed by atoms with Crippen LogP contribution in [0.4, 0.5) is 0 Å². The summed E-state index contributed by atoms with van der Waals surface area (Å²) in [6.07, 6.45) is 0.876. The lowest BCUT2D eigenvalue weighted by atomic mass is 10.1. The van der Waals surface area contributed by atoms with Crippen molar-refractivity contribution >= 4 is 0 Å². The van der Waals surface area contributed by atoms with E-state index in [-0.39, 0.29) is 0 Å². The van der Waals surface area contributed by atoms with E-state index < -0.39 is 5.60 Å². The topological polar surface area (TPSA) is 55.4 Å². The molecule has 1 saturated heterocycles. The first-order valence-electron chi connectivity index (χ1n) is 7.21. The number of hydrogen-bond acceptors (Lipinski definition) is 6. The predicted molar refractivity (Wildman–Crippen MR) is 74.1 cm³/mol. The minimum atomic E-state index is -0.452. The van der Waals surface area contributed by atoms with Crippen LogP contribution >= 0.6 is 0 Å². The van der Waals surface area contributed by atoms with Crippen LogP contribution in [0, 0.1) is 0 Å². The molecular weight excluding hydrogens is 264 g/mol. The standard InChI is InChI=1S/C14H28O6/c1-14(13-19-7-6-15-2)12-18-5-3-4-16-8-9-17-10-11-20-14/h3-13H2,1-2H3. The van der Waals surface area contributed by atoms with Gasteiger partial charge < -0.3 is 28.4 Å². The molecule has 1 rings (SSSR count). The molecule has 6 heteroatoms. The number of hydrogen-bond donors (Lipinski definition) is 0. The lowest BCUT2D eigenvalue weighted by Crippen LogP contribution is -2.41. The van der Waals surface area contributed by atoms with Crippen LogP contribution < -0.4 is 0 Å². The molecule has 1 heterocycles. The second-order valence-electron chi connectivity index (χ2n) is 4.97. The van der Waals surface area contributed by atoms with Crippen LogP contribution in [0.2, 0.25) is 0 Å². The van der Waals surface area contributed by atoms with Crippen molar-refractivity contribution in [2.24, 2.45) is 0 Å². The fourth-order valence-electron chi connectivity index (χ4n) is 1.78. The van der Waals surface area contributed by atoms with Gasteiger partial charge in [-0.1, -0.05) is 0 Å². The van der Waals surface area contributed by atoms with Crippen LogP contribution in [0.5, 0.6) is 0 Å². The van der Waals surface area contributed by atoms with Gasteiger partial charge in [-0.15, -0.1) is 0 Å². The molecule has 1 atom stereocenters. The van der Waals surface area contributed by atoms with E-state index in [0.717, 1.165) is 6.42 Å². The van der Waals surface area contributed by atoms with Crippen LogP contribution in [0.25, 0.3) is 0 Å². The summed E-state index contributed by atoms with van der Waals surface area (Å²) in [5, 5.41) is 0. The van der Waals surface area contributed by atoms with Gasteiger partial charge in [-0.05, 0) is 13.3 Å². The molecule has 0 radical (unpaired) electrons. The zero-order valence-electron chi connectivity index (χ0n) is 12.7. The third-order valence-electron chi connectivity index (χ3n) is 2.87. The van der Waals surface area contributed by atoms with E-state index in [1.807, 2.05) is 6.92 Å². The van der Waals surface area contributed by atoms with Gasteiger partial charge >= 0.3 is 0 Å². The number of rotatable bonds is 5. The summed E-state index contributed by atoms with van der Waals surface area (Å²) in [5.74, 6) is 0. The van der Waals surface area contributed by atoms with Gasteiger partial charge in [0.15, 0.2) is 0 Å². The van der Waals surface area contributed by atoms with Crippen molar-refractivity contribution in [1.29, 1.82) is 0 Å². The summed E-state index contributed by atoms with van der Waals surface area (Å²) >= 11 is 0. The van der Waals surface area contributed by atoms with Crippen LogP contribution in [0.15, 0.2) is 0 Å². The average molecular weight is 292 g/mol. The van der Waals surface area contributed by atoms with Gasteiger partial charge in [-0.3, -0.25) is 0 Å². The van der Waals surface area contributed by atoms with Crippen LogP contribution in [-0.4, -0.2) is 78.8 Å². The molecule has 6 nitrogen and oxygen atoms in total. The maximum Gasteiger partial charge on any atom is 0.112 e. The molecule has 1 unspecified atom stereocenters. The monoisotopic (exact) mass is 292 g/mol. The normalized spacial score (nSPS) is 27.3. The highest BCUT2D eigenvalue weighted by molar-refractivity contribution is 4.74. The minimum Gasteiger partial charge on any atom is -0.382 e. The highest BCUT2D eigenvalue weighted by Gasteiger charge is 2.26. The van der Waals surface area contributed by atoms with Crippen molar-refractivity contribution in [3.05, 3.63) is 0 Å². The highest BCUT2D eigenvalue weighted by Crippen LogP contribution is 2.12. The van der Waals surface area contributed by atoms with Crippen molar-refractivity contribution in [2.45, 2.75) is 18.9 Å². The number of ether oxygens (including phenoxy) is 6. The maximum atomic E-state index is 5.87. The Morgan fingerprint density at radius 1 is 0.900 bits per heavy atom. The van der Waals surface area contributed by atoms with Crippen molar-refractivity contribution in [3.8, 4) is 0 Å². The molecular formula is C14H28O6. The summed E-state index contributed by atoms with van der Waals surface area (Å²) < 4.78 is 32.9. The first-order chi connectivity index (χ1) is 9.77. The van der Waals surface area contributed by atoms with E-state index in [2.05, 4.69) is 0 Å². The molecule has 120 valence electrons. The van der Waals surface area contributed by atoms with E-state index in [0.29, 0.717) is 66.1 Å². The molecule has 1 aliphatic rings. The van der Waals surface area contributed by atoms with Gasteiger partial charge in [0.05, 0.1) is 52.9 Å². The maximum absolute atomic E-state index is 5.87. The lowest BCUT2D eigenvalue weighted by Gasteiger charge is -2.29. The Bertz CT molecular complexity index is 210. The van der Waals surface area contributed by atoms with Crippen molar-refractivity contribution in [2.75, 3.05) is 73.2 Å². The molecule has 0 spiro atoms. The second kappa shape index (κ2) is 11.4. The van der Waals surface area contributed by atoms with E-state index in [4.69, 9.17) is 28.4 Å². The number of methoxy groups -OCH3 is 1. The van der Waals surface area contributed by atoms with Gasteiger partial charge in [0, 0.05) is 20.3 Å². The molecule has 0 saturated carbocycles. The van der Waals surface area contributed by atoms with Gasteiger partial charge in [0.2, 0.25) is 0 Å². The quantitative estimate of drug-likeness (QED) is 0.701. The third kappa shape index (κ3) is 8.84. The van der Waals surface area contributed by atoms with Gasteiger partial charge in [-0.2, -0.15) is 0 Å². The summed E-state index contributed by atoms with van der Waals surface area (Å²) in [5.41, 5.74) is -0.452. The van der Waals surface area contributed by atoms with Crippen LogP contribution in [0.1, 0.15) is 13.3 Å². The van der Waals surface area contributed by atoms with Crippen molar-refractivity contribution in [3.63, 3.8) is 0 Å². The lowest BCUT2D eigenvalue weighted by molar-refractivity contribution is -0.136. The Morgan fingerprint density at radius 3 is 2.40 bits per heavy atom. The van der Waals surface area contributed by atoms with E-state index in [9.17, 15) is 0 Å². The fraction of sp³-hybridized carbons (Fsp3) is 1.00. The molecule has 0 aromatic rings. The minimum absolute atomic E-state index is 0.452. The highest BCUT2D eigenvalue weighted by atomic mass is 16.6. The SMILES string of the molecule is COCCOCC1(C)COCCCOCCOCCO1. The van der Waals surface area contributed by atoms with E-state index >= 15 is 0 Å². The molecule has 1 aliphatic heterocycles. The summed E-state index contributed by atoms with van der Waals surface area (Å²) in [6.45, 7) is 7.77. The van der Waals surface area contributed by atoms with Gasteiger partial charge in [-0.25, -0.2) is 0 Å². The Balaban J connectivity index is 2.33. The molecule has 20 heavy (non-hydrogen) atoms. The average Bonchev–Trinajstić information content (AvgIpc) is 2.46. The second-order valence-corrected chi connectivity index (χ2v) is 4.97. The molecule has 0 aromatic heterocycles. The van der Waals surface area contributed by atoms with E-state index in [1.54, 1.807) is 7.11 Å². The Labute approximate surface area is 121 Å². The zero-order valence-corrected chi connectivity index (χ0v) is 12.7. The molecule has 0 bridgehead atoms. The van der Waals surface area contributed by atoms with Crippen molar-refractivity contribution in [1.82, 2.24) is 0 Å². The first-order valence-corrected chi connectivity index (χ1v) is 7.21. The Hall–Kier alpha value is -0.240. The molecule has 0 N–H and O–H groups in total. The molecule has 0 aliphatic carbocycles. The summed E-state index contributed by atoms with van der Waals surface area (Å²) in [6, 6.07) is 0. The third-order valence-corrected chi connectivity index (χ3v) is 2.87. The predicted octanol–water partition coefficient (Wildman–Crippen LogP) is 0.878. The molecule has 1 fully saturated rings. The largest absolute Gasteiger partial charge is 0.382 e. The summed E-state index contributed by atoms with van der Waals surface area (Å²) in [7, 11) is 1.66.